The average Bonchev–Trinajstić information content (AvgIpc) is 2.68. The summed E-state index contributed by atoms with van der Waals surface area (Å²) in [6, 6.07) is 17.0. The predicted molar refractivity (Wildman–Crippen MR) is 115 cm³/mol. The van der Waals surface area contributed by atoms with Crippen molar-refractivity contribution in [1.29, 1.82) is 0 Å². The van der Waals surface area contributed by atoms with E-state index in [9.17, 15) is 4.79 Å². The quantitative estimate of drug-likeness (QED) is 0.629. The molecule has 0 saturated heterocycles. The van der Waals surface area contributed by atoms with Crippen molar-refractivity contribution >= 4 is 16.9 Å². The summed E-state index contributed by atoms with van der Waals surface area (Å²) in [5.74, 6) is 2.03. The molecule has 0 aliphatic heterocycles. The Kier molecular flexibility index (Phi) is 6.22. The van der Waals surface area contributed by atoms with E-state index in [0.717, 1.165) is 22.2 Å². The Morgan fingerprint density at radius 3 is 2.31 bits per heavy atom. The van der Waals surface area contributed by atoms with E-state index in [-0.39, 0.29) is 18.2 Å². The number of amides is 2. The van der Waals surface area contributed by atoms with Crippen molar-refractivity contribution in [3.8, 4) is 17.4 Å². The van der Waals surface area contributed by atoms with Gasteiger partial charge in [0.2, 0.25) is 5.88 Å². The second-order valence-corrected chi connectivity index (χ2v) is 7.41. The molecule has 3 aromatic rings. The minimum Gasteiger partial charge on any atom is -0.491 e. The molecule has 1 N–H and O–H groups in total. The van der Waals surface area contributed by atoms with Gasteiger partial charge in [-0.05, 0) is 68.8 Å². The number of rotatable bonds is 6. The second-order valence-electron chi connectivity index (χ2n) is 7.41. The minimum atomic E-state index is -0.121. The van der Waals surface area contributed by atoms with Gasteiger partial charge in [-0.2, -0.15) is 0 Å². The fourth-order valence-corrected chi connectivity index (χ4v) is 2.83. The molecule has 1 atom stereocenters. The number of hydrogen-bond donors (Lipinski definition) is 1. The molecule has 0 spiro atoms. The first kappa shape index (κ1) is 20.5. The highest BCUT2D eigenvalue weighted by atomic mass is 16.5. The normalized spacial score (nSPS) is 11.9. The highest BCUT2D eigenvalue weighted by molar-refractivity contribution is 5.80. The highest BCUT2D eigenvalue weighted by Gasteiger charge is 2.12. The van der Waals surface area contributed by atoms with Crippen molar-refractivity contribution < 1.29 is 14.3 Å². The predicted octanol–water partition coefficient (Wildman–Crippen LogP) is 5.15. The molecule has 1 heterocycles. The number of ether oxygens (including phenoxy) is 2. The lowest BCUT2D eigenvalue weighted by Crippen LogP contribution is -2.36. The molecule has 2 aromatic carbocycles. The SMILES string of the molecule is CC(C)Oc1ccc(Oc2ccc3cc(C(C)NC(=O)N(C)C)ccc3n2)cc1. The third kappa shape index (κ3) is 5.38. The molecule has 152 valence electrons. The first-order valence-corrected chi connectivity index (χ1v) is 9.65. The molecule has 0 fully saturated rings. The van der Waals surface area contributed by atoms with Gasteiger partial charge in [-0.1, -0.05) is 6.07 Å². The van der Waals surface area contributed by atoms with E-state index in [1.807, 2.05) is 75.4 Å². The minimum absolute atomic E-state index is 0.100. The van der Waals surface area contributed by atoms with Crippen LogP contribution in [0.3, 0.4) is 0 Å². The maximum atomic E-state index is 11.9. The molecule has 0 aliphatic carbocycles. The summed E-state index contributed by atoms with van der Waals surface area (Å²) in [4.78, 5) is 18.0. The third-order valence-corrected chi connectivity index (χ3v) is 4.35. The van der Waals surface area contributed by atoms with Gasteiger partial charge < -0.3 is 19.7 Å². The summed E-state index contributed by atoms with van der Waals surface area (Å²) >= 11 is 0. The van der Waals surface area contributed by atoms with Crippen LogP contribution < -0.4 is 14.8 Å². The number of carbonyl (C=O) groups is 1. The van der Waals surface area contributed by atoms with Gasteiger partial charge >= 0.3 is 6.03 Å². The van der Waals surface area contributed by atoms with Gasteiger partial charge in [0.15, 0.2) is 0 Å². The largest absolute Gasteiger partial charge is 0.491 e. The van der Waals surface area contributed by atoms with E-state index < -0.39 is 0 Å². The fraction of sp³-hybridized carbons (Fsp3) is 0.304. The second kappa shape index (κ2) is 8.82. The summed E-state index contributed by atoms with van der Waals surface area (Å²) in [7, 11) is 3.44. The Morgan fingerprint density at radius 2 is 1.66 bits per heavy atom. The number of urea groups is 1. The molecule has 0 radical (unpaired) electrons. The third-order valence-electron chi connectivity index (χ3n) is 4.35. The zero-order valence-electron chi connectivity index (χ0n) is 17.5. The van der Waals surface area contributed by atoms with Gasteiger partial charge in [0.1, 0.15) is 11.5 Å². The lowest BCUT2D eigenvalue weighted by Gasteiger charge is -2.18. The van der Waals surface area contributed by atoms with Crippen LogP contribution in [-0.2, 0) is 0 Å². The molecule has 0 aliphatic rings. The zero-order valence-corrected chi connectivity index (χ0v) is 17.5. The van der Waals surface area contributed by atoms with Crippen molar-refractivity contribution in [2.24, 2.45) is 0 Å². The van der Waals surface area contributed by atoms with Crippen molar-refractivity contribution in [3.63, 3.8) is 0 Å². The molecule has 0 bridgehead atoms. The fourth-order valence-electron chi connectivity index (χ4n) is 2.83. The Labute approximate surface area is 171 Å². The standard InChI is InChI=1S/C23H27N3O3/c1-15(2)28-19-8-10-20(11-9-19)29-22-13-7-18-14-17(6-12-21(18)25-22)16(3)24-23(27)26(4)5/h6-16H,1-5H3,(H,24,27). The summed E-state index contributed by atoms with van der Waals surface area (Å²) in [5.41, 5.74) is 1.85. The van der Waals surface area contributed by atoms with Gasteiger partial charge in [0, 0.05) is 25.5 Å². The van der Waals surface area contributed by atoms with Gasteiger partial charge in [-0.15, -0.1) is 0 Å². The Balaban J connectivity index is 1.73. The number of hydrogen-bond acceptors (Lipinski definition) is 4. The van der Waals surface area contributed by atoms with Crippen LogP contribution in [0.15, 0.2) is 54.6 Å². The molecule has 6 nitrogen and oxygen atoms in total. The van der Waals surface area contributed by atoms with Gasteiger partial charge in [-0.25, -0.2) is 9.78 Å². The number of carbonyl (C=O) groups excluding carboxylic acids is 1. The molecule has 1 unspecified atom stereocenters. The smallest absolute Gasteiger partial charge is 0.317 e. The van der Waals surface area contributed by atoms with Crippen LogP contribution in [-0.4, -0.2) is 36.1 Å². The lowest BCUT2D eigenvalue weighted by molar-refractivity contribution is 0.214. The van der Waals surface area contributed by atoms with Crippen LogP contribution >= 0.6 is 0 Å². The Hall–Kier alpha value is -3.28. The van der Waals surface area contributed by atoms with Gasteiger partial charge in [-0.3, -0.25) is 0 Å². The van der Waals surface area contributed by atoms with Gasteiger partial charge in [0.05, 0.1) is 17.7 Å². The molecule has 6 heteroatoms. The number of pyridine rings is 1. The molecular weight excluding hydrogens is 366 g/mol. The maximum absolute atomic E-state index is 11.9. The summed E-state index contributed by atoms with van der Waals surface area (Å²) in [6.07, 6.45) is 0.132. The van der Waals surface area contributed by atoms with E-state index in [2.05, 4.69) is 10.3 Å². The summed E-state index contributed by atoms with van der Waals surface area (Å²) in [6.45, 7) is 5.94. The van der Waals surface area contributed by atoms with E-state index in [1.54, 1.807) is 14.1 Å². The topological polar surface area (TPSA) is 63.7 Å². The van der Waals surface area contributed by atoms with Crippen LogP contribution in [0.4, 0.5) is 4.79 Å². The maximum Gasteiger partial charge on any atom is 0.317 e. The average molecular weight is 393 g/mol. The van der Waals surface area contributed by atoms with E-state index >= 15 is 0 Å². The zero-order chi connectivity index (χ0) is 21.0. The molecule has 29 heavy (non-hydrogen) atoms. The number of nitrogens with zero attached hydrogens (tertiary/aromatic N) is 2. The lowest BCUT2D eigenvalue weighted by atomic mass is 10.1. The molecule has 2 amide bonds. The highest BCUT2D eigenvalue weighted by Crippen LogP contribution is 2.26. The summed E-state index contributed by atoms with van der Waals surface area (Å²) < 4.78 is 11.5. The van der Waals surface area contributed by atoms with Crippen LogP contribution in [0.2, 0.25) is 0 Å². The van der Waals surface area contributed by atoms with Crippen molar-refractivity contribution in [2.45, 2.75) is 32.9 Å². The number of nitrogens with one attached hydrogen (secondary N) is 1. The first-order chi connectivity index (χ1) is 13.8. The van der Waals surface area contributed by atoms with E-state index in [4.69, 9.17) is 9.47 Å². The first-order valence-electron chi connectivity index (χ1n) is 9.65. The number of fused-ring (bicyclic) bond motifs is 1. The van der Waals surface area contributed by atoms with Crippen molar-refractivity contribution in [3.05, 3.63) is 60.2 Å². The molecule has 1 aromatic heterocycles. The molecule has 3 rings (SSSR count). The van der Waals surface area contributed by atoms with E-state index in [0.29, 0.717) is 11.6 Å². The monoisotopic (exact) mass is 393 g/mol. The molecule has 0 saturated carbocycles. The summed E-state index contributed by atoms with van der Waals surface area (Å²) in [5, 5.41) is 3.94. The number of aromatic nitrogens is 1. The van der Waals surface area contributed by atoms with Crippen LogP contribution in [0.25, 0.3) is 10.9 Å². The van der Waals surface area contributed by atoms with Crippen molar-refractivity contribution in [2.75, 3.05) is 14.1 Å². The van der Waals surface area contributed by atoms with E-state index in [1.165, 1.54) is 4.90 Å². The van der Waals surface area contributed by atoms with Crippen molar-refractivity contribution in [1.82, 2.24) is 15.2 Å². The van der Waals surface area contributed by atoms with Crippen LogP contribution in [0, 0.1) is 0 Å². The van der Waals surface area contributed by atoms with Crippen LogP contribution in [0.1, 0.15) is 32.4 Å². The molecular formula is C23H27N3O3. The Morgan fingerprint density at radius 1 is 0.966 bits per heavy atom. The van der Waals surface area contributed by atoms with Crippen LogP contribution in [0.5, 0.6) is 17.4 Å². The Bertz CT molecular complexity index is 984. The van der Waals surface area contributed by atoms with Gasteiger partial charge in [0.25, 0.3) is 0 Å². The number of benzene rings is 2.